The Labute approximate surface area is 133 Å². The standard InChI is InChI=1S/C17H15N3O3/c1-2-23-15-8-7-11(13-5-3-4-6-14(13)15)9-12(10-18)16(21)20-17(19)22/h3-9H,2H2,1H3,(H3,19,20,21,22)/b12-9-. The number of fused-ring (bicyclic) bond motifs is 1. The minimum Gasteiger partial charge on any atom is -0.493 e. The highest BCUT2D eigenvalue weighted by Crippen LogP contribution is 2.29. The van der Waals surface area contributed by atoms with E-state index in [2.05, 4.69) is 0 Å². The normalized spacial score (nSPS) is 10.9. The van der Waals surface area contributed by atoms with E-state index in [0.29, 0.717) is 12.2 Å². The van der Waals surface area contributed by atoms with Crippen molar-refractivity contribution >= 4 is 28.8 Å². The molecule has 6 nitrogen and oxygen atoms in total. The first-order valence-corrected chi connectivity index (χ1v) is 6.94. The molecule has 2 aromatic rings. The third kappa shape index (κ3) is 3.66. The van der Waals surface area contributed by atoms with Crippen LogP contribution in [0.3, 0.4) is 0 Å². The van der Waals surface area contributed by atoms with E-state index in [1.165, 1.54) is 6.08 Å². The lowest BCUT2D eigenvalue weighted by atomic mass is 10.0. The van der Waals surface area contributed by atoms with E-state index >= 15 is 0 Å². The first kappa shape index (κ1) is 16.0. The molecule has 0 atom stereocenters. The summed E-state index contributed by atoms with van der Waals surface area (Å²) in [4.78, 5) is 22.5. The Morgan fingerprint density at radius 2 is 1.96 bits per heavy atom. The summed E-state index contributed by atoms with van der Waals surface area (Å²) in [6.07, 6.45) is 1.41. The first-order valence-electron chi connectivity index (χ1n) is 6.94. The van der Waals surface area contributed by atoms with Crippen molar-refractivity contribution in [2.45, 2.75) is 6.92 Å². The van der Waals surface area contributed by atoms with Gasteiger partial charge in [0.25, 0.3) is 5.91 Å². The summed E-state index contributed by atoms with van der Waals surface area (Å²) < 4.78 is 5.58. The van der Waals surface area contributed by atoms with Gasteiger partial charge in [-0.15, -0.1) is 0 Å². The molecule has 2 aromatic carbocycles. The van der Waals surface area contributed by atoms with Gasteiger partial charge in [-0.1, -0.05) is 30.3 Å². The minimum absolute atomic E-state index is 0.210. The van der Waals surface area contributed by atoms with E-state index in [-0.39, 0.29) is 5.57 Å². The van der Waals surface area contributed by atoms with Crippen molar-refractivity contribution in [3.8, 4) is 11.8 Å². The lowest BCUT2D eigenvalue weighted by Gasteiger charge is -2.10. The molecular formula is C17H15N3O3. The Bertz CT molecular complexity index is 835. The van der Waals surface area contributed by atoms with Crippen molar-refractivity contribution in [3.63, 3.8) is 0 Å². The number of nitrogens with one attached hydrogen (secondary N) is 1. The predicted octanol–water partition coefficient (Wildman–Crippen LogP) is 2.34. The molecule has 0 aliphatic heterocycles. The average molecular weight is 309 g/mol. The number of carbonyl (C=O) groups is 2. The Hall–Kier alpha value is -3.33. The van der Waals surface area contributed by atoms with Crippen LogP contribution in [-0.2, 0) is 4.79 Å². The molecule has 23 heavy (non-hydrogen) atoms. The fraction of sp³-hybridized carbons (Fsp3) is 0.118. The largest absolute Gasteiger partial charge is 0.493 e. The van der Waals surface area contributed by atoms with Crippen LogP contribution in [0.25, 0.3) is 16.8 Å². The number of hydrogen-bond acceptors (Lipinski definition) is 4. The van der Waals surface area contributed by atoms with Gasteiger partial charge in [-0.05, 0) is 30.0 Å². The number of hydrogen-bond donors (Lipinski definition) is 2. The smallest absolute Gasteiger partial charge is 0.319 e. The molecule has 0 fully saturated rings. The maximum atomic E-state index is 11.8. The molecule has 0 saturated heterocycles. The molecule has 0 heterocycles. The van der Waals surface area contributed by atoms with Crippen LogP contribution in [0.1, 0.15) is 12.5 Å². The highest BCUT2D eigenvalue weighted by atomic mass is 16.5. The molecule has 0 unspecified atom stereocenters. The van der Waals surface area contributed by atoms with E-state index in [1.807, 2.05) is 36.5 Å². The van der Waals surface area contributed by atoms with Gasteiger partial charge in [0, 0.05) is 5.39 Å². The molecular weight excluding hydrogens is 294 g/mol. The number of ether oxygens (including phenoxy) is 1. The van der Waals surface area contributed by atoms with Gasteiger partial charge in [0.1, 0.15) is 17.4 Å². The van der Waals surface area contributed by atoms with Gasteiger partial charge in [0.15, 0.2) is 0 Å². The molecule has 0 spiro atoms. The molecule has 0 aliphatic rings. The number of carbonyl (C=O) groups excluding carboxylic acids is 2. The van der Waals surface area contributed by atoms with Crippen molar-refractivity contribution in [1.82, 2.24) is 5.32 Å². The maximum absolute atomic E-state index is 11.8. The molecule has 0 bridgehead atoms. The summed E-state index contributed by atoms with van der Waals surface area (Å²) in [6, 6.07) is 11.8. The Morgan fingerprint density at radius 1 is 1.26 bits per heavy atom. The first-order chi connectivity index (χ1) is 11.1. The van der Waals surface area contributed by atoms with Crippen molar-refractivity contribution in [2.24, 2.45) is 5.73 Å². The number of imide groups is 1. The summed E-state index contributed by atoms with van der Waals surface area (Å²) in [7, 11) is 0. The van der Waals surface area contributed by atoms with Gasteiger partial charge in [0.05, 0.1) is 6.61 Å². The molecule has 0 aromatic heterocycles. The molecule has 6 heteroatoms. The maximum Gasteiger partial charge on any atom is 0.319 e. The van der Waals surface area contributed by atoms with Crippen molar-refractivity contribution in [3.05, 3.63) is 47.5 Å². The molecule has 116 valence electrons. The zero-order valence-corrected chi connectivity index (χ0v) is 12.5. The van der Waals surface area contributed by atoms with Crippen LogP contribution in [0, 0.1) is 11.3 Å². The van der Waals surface area contributed by atoms with Gasteiger partial charge in [-0.3, -0.25) is 10.1 Å². The van der Waals surface area contributed by atoms with Crippen LogP contribution in [0.2, 0.25) is 0 Å². The summed E-state index contributed by atoms with van der Waals surface area (Å²) >= 11 is 0. The van der Waals surface area contributed by atoms with Gasteiger partial charge < -0.3 is 10.5 Å². The number of nitrogens with zero attached hydrogens (tertiary/aromatic N) is 1. The summed E-state index contributed by atoms with van der Waals surface area (Å²) in [6.45, 7) is 2.42. The van der Waals surface area contributed by atoms with Crippen LogP contribution in [0.4, 0.5) is 4.79 Å². The fourth-order valence-electron chi connectivity index (χ4n) is 2.19. The quantitative estimate of drug-likeness (QED) is 0.668. The van der Waals surface area contributed by atoms with Crippen molar-refractivity contribution < 1.29 is 14.3 Å². The van der Waals surface area contributed by atoms with Gasteiger partial charge in [-0.2, -0.15) is 5.26 Å². The van der Waals surface area contributed by atoms with Crippen LogP contribution in [0.15, 0.2) is 42.0 Å². The van der Waals surface area contributed by atoms with Crippen molar-refractivity contribution in [1.29, 1.82) is 5.26 Å². The van der Waals surface area contributed by atoms with Crippen LogP contribution < -0.4 is 15.8 Å². The molecule has 0 saturated carbocycles. The third-order valence-corrected chi connectivity index (χ3v) is 3.12. The summed E-state index contributed by atoms with van der Waals surface area (Å²) in [5, 5.41) is 12.7. The number of primary amides is 1. The monoisotopic (exact) mass is 309 g/mol. The molecule has 3 N–H and O–H groups in total. The Kier molecular flexibility index (Phi) is 4.95. The van der Waals surface area contributed by atoms with Gasteiger partial charge in [0.2, 0.25) is 0 Å². The number of nitriles is 1. The topological polar surface area (TPSA) is 105 Å². The zero-order valence-electron chi connectivity index (χ0n) is 12.5. The minimum atomic E-state index is -1.01. The fourth-order valence-corrected chi connectivity index (χ4v) is 2.19. The highest BCUT2D eigenvalue weighted by Gasteiger charge is 2.12. The second-order valence-electron chi connectivity index (χ2n) is 4.62. The Balaban J connectivity index is 2.53. The average Bonchev–Trinajstić information content (AvgIpc) is 2.53. The van der Waals surface area contributed by atoms with Gasteiger partial charge >= 0.3 is 6.03 Å². The van der Waals surface area contributed by atoms with E-state index in [0.717, 1.165) is 16.5 Å². The SMILES string of the molecule is CCOc1ccc(/C=C(/C#N)C(=O)NC(N)=O)c2ccccc12. The molecule has 0 radical (unpaired) electrons. The van der Waals surface area contributed by atoms with Crippen LogP contribution in [0.5, 0.6) is 5.75 Å². The molecule has 3 amide bonds. The number of amides is 3. The third-order valence-electron chi connectivity index (χ3n) is 3.12. The summed E-state index contributed by atoms with van der Waals surface area (Å²) in [5.74, 6) is -0.113. The number of urea groups is 1. The molecule has 0 aliphatic carbocycles. The second kappa shape index (κ2) is 7.09. The van der Waals surface area contributed by atoms with Crippen molar-refractivity contribution in [2.75, 3.05) is 6.61 Å². The lowest BCUT2D eigenvalue weighted by molar-refractivity contribution is -0.115. The van der Waals surface area contributed by atoms with E-state index in [1.54, 1.807) is 18.2 Å². The van der Waals surface area contributed by atoms with Crippen LogP contribution >= 0.6 is 0 Å². The van der Waals surface area contributed by atoms with Gasteiger partial charge in [-0.25, -0.2) is 4.79 Å². The number of benzene rings is 2. The Morgan fingerprint density at radius 3 is 2.57 bits per heavy atom. The number of rotatable bonds is 4. The molecule has 2 rings (SSSR count). The van der Waals surface area contributed by atoms with E-state index < -0.39 is 11.9 Å². The van der Waals surface area contributed by atoms with Crippen LogP contribution in [-0.4, -0.2) is 18.5 Å². The summed E-state index contributed by atoms with van der Waals surface area (Å²) in [5.41, 5.74) is 5.36. The lowest BCUT2D eigenvalue weighted by Crippen LogP contribution is -2.35. The number of nitrogens with two attached hydrogens (primary N) is 1. The second-order valence-corrected chi connectivity index (χ2v) is 4.62. The van der Waals surface area contributed by atoms with E-state index in [9.17, 15) is 9.59 Å². The predicted molar refractivity (Wildman–Crippen MR) is 86.4 cm³/mol. The zero-order chi connectivity index (χ0) is 16.8. The highest BCUT2D eigenvalue weighted by molar-refractivity contribution is 6.10. The van der Waals surface area contributed by atoms with E-state index in [4.69, 9.17) is 15.7 Å².